The normalized spacial score (nSPS) is 16.8. The van der Waals surface area contributed by atoms with Gasteiger partial charge in [-0.1, -0.05) is 25.4 Å². The van der Waals surface area contributed by atoms with Crippen molar-refractivity contribution in [2.75, 3.05) is 39.3 Å². The van der Waals surface area contributed by atoms with Crippen LogP contribution in [-0.4, -0.2) is 64.8 Å². The number of hydrogen-bond donors (Lipinski definition) is 1. The number of guanidine groups is 1. The minimum Gasteiger partial charge on any atom is -0.357 e. The SMILES string of the molecule is CCNC(=NCc1cnn(-c2ccc(Cl)cc2)c1)N1CCC(CN(CC)CC)C1.I. The van der Waals surface area contributed by atoms with Crippen LogP contribution in [0.25, 0.3) is 5.69 Å². The first-order chi connectivity index (χ1) is 14.1. The zero-order valence-corrected chi connectivity index (χ0v) is 21.3. The van der Waals surface area contributed by atoms with Gasteiger partial charge in [-0.2, -0.15) is 5.10 Å². The van der Waals surface area contributed by atoms with Gasteiger partial charge < -0.3 is 15.1 Å². The molecule has 1 aromatic carbocycles. The lowest BCUT2D eigenvalue weighted by Gasteiger charge is -2.24. The van der Waals surface area contributed by atoms with Gasteiger partial charge >= 0.3 is 0 Å². The largest absolute Gasteiger partial charge is 0.357 e. The average Bonchev–Trinajstić information content (AvgIpc) is 3.39. The second-order valence-electron chi connectivity index (χ2n) is 7.53. The van der Waals surface area contributed by atoms with Crippen LogP contribution in [0.2, 0.25) is 5.02 Å². The summed E-state index contributed by atoms with van der Waals surface area (Å²) in [4.78, 5) is 9.81. The maximum atomic E-state index is 5.97. The lowest BCUT2D eigenvalue weighted by Crippen LogP contribution is -2.40. The number of likely N-dealkylation sites (tertiary alicyclic amines) is 1. The highest BCUT2D eigenvalue weighted by molar-refractivity contribution is 14.0. The molecule has 0 radical (unpaired) electrons. The topological polar surface area (TPSA) is 48.7 Å². The van der Waals surface area contributed by atoms with Gasteiger partial charge in [-0.05, 0) is 56.6 Å². The maximum absolute atomic E-state index is 5.97. The number of aromatic nitrogens is 2. The van der Waals surface area contributed by atoms with Crippen LogP contribution in [0.4, 0.5) is 0 Å². The quantitative estimate of drug-likeness (QED) is 0.306. The highest BCUT2D eigenvalue weighted by Crippen LogP contribution is 2.18. The Morgan fingerprint density at radius 1 is 1.23 bits per heavy atom. The molecule has 0 amide bonds. The Morgan fingerprint density at radius 3 is 2.63 bits per heavy atom. The Labute approximate surface area is 202 Å². The standard InChI is InChI=1S/C22H33ClN6.HI/c1-4-24-22(28-12-11-18(16-28)15-27(5-2)6-3)25-13-19-14-26-29(17-19)21-9-7-20(23)8-10-21;/h7-10,14,17-18H,4-6,11-13,15-16H2,1-3H3,(H,24,25);1H. The number of nitrogens with one attached hydrogen (secondary N) is 1. The Kier molecular flexibility index (Phi) is 10.4. The van der Waals surface area contributed by atoms with E-state index >= 15 is 0 Å². The van der Waals surface area contributed by atoms with Crippen molar-refractivity contribution in [1.29, 1.82) is 0 Å². The van der Waals surface area contributed by atoms with Crippen molar-refractivity contribution in [2.24, 2.45) is 10.9 Å². The molecule has 1 unspecified atom stereocenters. The molecule has 1 aliphatic heterocycles. The molecule has 0 aliphatic carbocycles. The zero-order valence-electron chi connectivity index (χ0n) is 18.2. The smallest absolute Gasteiger partial charge is 0.194 e. The molecule has 1 saturated heterocycles. The van der Waals surface area contributed by atoms with Gasteiger partial charge in [-0.15, -0.1) is 24.0 Å². The van der Waals surface area contributed by atoms with E-state index in [-0.39, 0.29) is 24.0 Å². The number of nitrogens with zero attached hydrogens (tertiary/aromatic N) is 5. The summed E-state index contributed by atoms with van der Waals surface area (Å²) in [6, 6.07) is 7.68. The summed E-state index contributed by atoms with van der Waals surface area (Å²) in [6.07, 6.45) is 5.15. The lowest BCUT2D eigenvalue weighted by molar-refractivity contribution is 0.255. The van der Waals surface area contributed by atoms with Crippen LogP contribution in [0.1, 0.15) is 32.8 Å². The summed E-state index contributed by atoms with van der Waals surface area (Å²) >= 11 is 5.97. The molecule has 0 saturated carbocycles. The van der Waals surface area contributed by atoms with Gasteiger partial charge in [-0.3, -0.25) is 0 Å². The van der Waals surface area contributed by atoms with Gasteiger partial charge in [0.25, 0.3) is 0 Å². The summed E-state index contributed by atoms with van der Waals surface area (Å²) in [5.74, 6) is 1.72. The van der Waals surface area contributed by atoms with E-state index in [1.54, 1.807) is 0 Å². The summed E-state index contributed by atoms with van der Waals surface area (Å²) < 4.78 is 1.87. The van der Waals surface area contributed by atoms with E-state index in [9.17, 15) is 0 Å². The van der Waals surface area contributed by atoms with Crippen LogP contribution in [0, 0.1) is 5.92 Å². The molecule has 2 heterocycles. The monoisotopic (exact) mass is 544 g/mol. The first-order valence-electron chi connectivity index (χ1n) is 10.7. The summed E-state index contributed by atoms with van der Waals surface area (Å²) in [5, 5.41) is 8.66. The Bertz CT molecular complexity index is 787. The van der Waals surface area contributed by atoms with Crippen LogP contribution in [0.3, 0.4) is 0 Å². The van der Waals surface area contributed by atoms with Gasteiger partial charge in [0.15, 0.2) is 5.96 Å². The van der Waals surface area contributed by atoms with Crippen molar-refractivity contribution >= 4 is 41.5 Å². The average molecular weight is 545 g/mol. The summed E-state index contributed by atoms with van der Waals surface area (Å²) in [5.41, 5.74) is 2.09. The van der Waals surface area contributed by atoms with Crippen LogP contribution < -0.4 is 5.32 Å². The van der Waals surface area contributed by atoms with E-state index in [0.717, 1.165) is 55.0 Å². The number of rotatable bonds is 8. The molecule has 1 aliphatic rings. The summed E-state index contributed by atoms with van der Waals surface area (Å²) in [7, 11) is 0. The van der Waals surface area contributed by atoms with E-state index in [2.05, 4.69) is 41.0 Å². The Hall–Kier alpha value is -1.32. The van der Waals surface area contributed by atoms with Gasteiger partial charge in [0.1, 0.15) is 0 Å². The maximum Gasteiger partial charge on any atom is 0.194 e. The molecule has 3 rings (SSSR count). The van der Waals surface area contributed by atoms with Gasteiger partial charge in [0.05, 0.1) is 18.4 Å². The van der Waals surface area contributed by atoms with Gasteiger partial charge in [-0.25, -0.2) is 9.67 Å². The predicted molar refractivity (Wildman–Crippen MR) is 136 cm³/mol. The molecule has 2 aromatic rings. The molecule has 0 bridgehead atoms. The minimum atomic E-state index is 0. The van der Waals surface area contributed by atoms with E-state index in [0.29, 0.717) is 12.5 Å². The van der Waals surface area contributed by atoms with Crippen molar-refractivity contribution in [3.05, 3.63) is 47.2 Å². The van der Waals surface area contributed by atoms with Crippen molar-refractivity contribution < 1.29 is 0 Å². The van der Waals surface area contributed by atoms with Crippen molar-refractivity contribution in [1.82, 2.24) is 24.9 Å². The third-order valence-electron chi connectivity index (χ3n) is 5.47. The minimum absolute atomic E-state index is 0. The predicted octanol–water partition coefficient (Wildman–Crippen LogP) is 4.27. The lowest BCUT2D eigenvalue weighted by atomic mass is 10.1. The highest BCUT2D eigenvalue weighted by atomic mass is 127. The molecule has 8 heteroatoms. The molecule has 166 valence electrons. The van der Waals surface area contributed by atoms with Crippen molar-refractivity contribution in [3.63, 3.8) is 0 Å². The third kappa shape index (κ3) is 6.85. The molecule has 0 spiro atoms. The van der Waals surface area contributed by atoms with Crippen molar-refractivity contribution in [2.45, 2.75) is 33.7 Å². The highest BCUT2D eigenvalue weighted by Gasteiger charge is 2.25. The van der Waals surface area contributed by atoms with E-state index in [4.69, 9.17) is 16.6 Å². The number of halogens is 2. The Morgan fingerprint density at radius 2 is 1.97 bits per heavy atom. The van der Waals surface area contributed by atoms with Crippen LogP contribution in [0.5, 0.6) is 0 Å². The van der Waals surface area contributed by atoms with E-state index < -0.39 is 0 Å². The Balaban J connectivity index is 0.00000320. The van der Waals surface area contributed by atoms with Gasteiger partial charge in [0.2, 0.25) is 0 Å². The van der Waals surface area contributed by atoms with Crippen LogP contribution in [0.15, 0.2) is 41.7 Å². The van der Waals surface area contributed by atoms with E-state index in [1.165, 1.54) is 13.0 Å². The fourth-order valence-electron chi connectivity index (χ4n) is 3.79. The van der Waals surface area contributed by atoms with Crippen molar-refractivity contribution in [3.8, 4) is 5.69 Å². The molecule has 1 atom stereocenters. The second kappa shape index (κ2) is 12.5. The van der Waals surface area contributed by atoms with E-state index in [1.807, 2.05) is 41.3 Å². The fourth-order valence-corrected chi connectivity index (χ4v) is 3.92. The first kappa shape index (κ1) is 24.9. The molecular weight excluding hydrogens is 511 g/mol. The van der Waals surface area contributed by atoms with Gasteiger partial charge in [0, 0.05) is 43.0 Å². The summed E-state index contributed by atoms with van der Waals surface area (Å²) in [6.45, 7) is 13.7. The molecule has 1 aromatic heterocycles. The molecule has 30 heavy (non-hydrogen) atoms. The number of hydrogen-bond acceptors (Lipinski definition) is 3. The first-order valence-corrected chi connectivity index (χ1v) is 11.1. The molecule has 1 fully saturated rings. The number of aliphatic imine (C=N–C) groups is 1. The van der Waals surface area contributed by atoms with Crippen LogP contribution in [-0.2, 0) is 6.54 Å². The third-order valence-corrected chi connectivity index (χ3v) is 5.72. The second-order valence-corrected chi connectivity index (χ2v) is 7.96. The number of benzene rings is 1. The van der Waals surface area contributed by atoms with Crippen LogP contribution >= 0.6 is 35.6 Å². The molecule has 6 nitrogen and oxygen atoms in total. The zero-order chi connectivity index (χ0) is 20.6. The molecule has 1 N–H and O–H groups in total. The molecular formula is C22H34ClIN6. The fraction of sp³-hybridized carbons (Fsp3) is 0.545.